The molecule has 1 N–H and O–H groups in total. The number of aromatic nitrogens is 4. The van der Waals surface area contributed by atoms with Crippen molar-refractivity contribution < 1.29 is 4.79 Å². The van der Waals surface area contributed by atoms with Gasteiger partial charge in [-0.05, 0) is 37.0 Å². The SMILES string of the molecule is CC1CCN(c2ccc(=O)n(CC(=O)Nc3ccc4ncnn4c3)c2)CC1. The molecule has 3 aromatic rings. The van der Waals surface area contributed by atoms with Gasteiger partial charge in [-0.15, -0.1) is 0 Å². The monoisotopic (exact) mass is 366 g/mol. The van der Waals surface area contributed by atoms with Crippen molar-refractivity contribution in [2.45, 2.75) is 26.3 Å². The van der Waals surface area contributed by atoms with Crippen LogP contribution < -0.4 is 15.8 Å². The maximum Gasteiger partial charge on any atom is 0.251 e. The number of hydrogen-bond donors (Lipinski definition) is 1. The minimum absolute atomic E-state index is 0.0354. The maximum absolute atomic E-state index is 12.4. The second-order valence-electron chi connectivity index (χ2n) is 7.05. The average Bonchev–Trinajstić information content (AvgIpc) is 3.12. The van der Waals surface area contributed by atoms with E-state index in [1.54, 1.807) is 29.0 Å². The smallest absolute Gasteiger partial charge is 0.251 e. The van der Waals surface area contributed by atoms with Crippen LogP contribution in [0.5, 0.6) is 0 Å². The van der Waals surface area contributed by atoms with E-state index in [2.05, 4.69) is 27.2 Å². The van der Waals surface area contributed by atoms with Gasteiger partial charge in [0.05, 0.1) is 17.6 Å². The van der Waals surface area contributed by atoms with E-state index in [1.165, 1.54) is 17.0 Å². The predicted octanol–water partition coefficient (Wildman–Crippen LogP) is 1.77. The molecule has 0 saturated carbocycles. The van der Waals surface area contributed by atoms with Gasteiger partial charge in [0.15, 0.2) is 5.65 Å². The third-order valence-electron chi connectivity index (χ3n) is 4.99. The molecule has 1 fully saturated rings. The van der Waals surface area contributed by atoms with Gasteiger partial charge in [0.1, 0.15) is 12.9 Å². The molecular weight excluding hydrogens is 344 g/mol. The van der Waals surface area contributed by atoms with Gasteiger partial charge < -0.3 is 14.8 Å². The predicted molar refractivity (Wildman–Crippen MR) is 103 cm³/mol. The van der Waals surface area contributed by atoms with Crippen LogP contribution in [0.1, 0.15) is 19.8 Å². The number of anilines is 2. The van der Waals surface area contributed by atoms with Gasteiger partial charge in [0.25, 0.3) is 5.56 Å². The lowest BCUT2D eigenvalue weighted by atomic mass is 9.99. The van der Waals surface area contributed by atoms with Crippen molar-refractivity contribution >= 4 is 22.9 Å². The fraction of sp³-hybridized carbons (Fsp3) is 0.368. The third-order valence-corrected chi connectivity index (χ3v) is 4.99. The lowest BCUT2D eigenvalue weighted by Crippen LogP contribution is -2.34. The number of nitrogens with one attached hydrogen (secondary N) is 1. The molecule has 0 atom stereocenters. The topological polar surface area (TPSA) is 84.5 Å². The molecule has 0 aromatic carbocycles. The summed E-state index contributed by atoms with van der Waals surface area (Å²) in [5.41, 5.74) is 2.10. The Kier molecular flexibility index (Phi) is 4.62. The second-order valence-corrected chi connectivity index (χ2v) is 7.05. The zero-order valence-electron chi connectivity index (χ0n) is 15.2. The average molecular weight is 366 g/mol. The summed E-state index contributed by atoms with van der Waals surface area (Å²) in [6.45, 7) is 4.18. The molecule has 1 amide bonds. The van der Waals surface area contributed by atoms with Gasteiger partial charge in [-0.3, -0.25) is 9.59 Å². The molecule has 27 heavy (non-hydrogen) atoms. The van der Waals surface area contributed by atoms with Crippen molar-refractivity contribution in [3.8, 4) is 0 Å². The number of carbonyl (C=O) groups is 1. The minimum Gasteiger partial charge on any atom is -0.370 e. The first-order valence-electron chi connectivity index (χ1n) is 9.13. The number of piperidine rings is 1. The Balaban J connectivity index is 1.47. The molecule has 1 aliphatic heterocycles. The van der Waals surface area contributed by atoms with Gasteiger partial charge >= 0.3 is 0 Å². The standard InChI is InChI=1S/C19H22N6O2/c1-14-6-8-23(9-7-14)16-3-5-19(27)24(11-16)12-18(26)22-15-2-4-17-20-13-21-25(17)10-15/h2-5,10-11,13-14H,6-9,12H2,1H3,(H,22,26). The zero-order chi connectivity index (χ0) is 18.8. The maximum atomic E-state index is 12.4. The number of carbonyl (C=O) groups excluding carboxylic acids is 1. The Morgan fingerprint density at radius 1 is 1.19 bits per heavy atom. The molecule has 4 rings (SSSR count). The largest absolute Gasteiger partial charge is 0.370 e. The number of nitrogens with zero attached hydrogens (tertiary/aromatic N) is 5. The molecule has 3 aromatic heterocycles. The molecule has 4 heterocycles. The van der Waals surface area contributed by atoms with Crippen LogP contribution in [-0.4, -0.2) is 38.2 Å². The van der Waals surface area contributed by atoms with Crippen LogP contribution in [-0.2, 0) is 11.3 Å². The molecule has 8 heteroatoms. The van der Waals surface area contributed by atoms with E-state index < -0.39 is 0 Å². The number of fused-ring (bicyclic) bond motifs is 1. The molecule has 1 saturated heterocycles. The summed E-state index contributed by atoms with van der Waals surface area (Å²) >= 11 is 0. The number of amides is 1. The first-order valence-corrected chi connectivity index (χ1v) is 9.13. The molecule has 1 aliphatic rings. The molecule has 8 nitrogen and oxygen atoms in total. The first kappa shape index (κ1) is 17.3. The highest BCUT2D eigenvalue weighted by Crippen LogP contribution is 2.21. The van der Waals surface area contributed by atoms with Crippen molar-refractivity contribution in [1.29, 1.82) is 0 Å². The molecule has 0 radical (unpaired) electrons. The van der Waals surface area contributed by atoms with E-state index in [0.717, 1.165) is 37.5 Å². The van der Waals surface area contributed by atoms with Gasteiger partial charge in [0.2, 0.25) is 5.91 Å². The van der Waals surface area contributed by atoms with Crippen LogP contribution in [0.15, 0.2) is 47.8 Å². The summed E-state index contributed by atoms with van der Waals surface area (Å²) in [5.74, 6) is 0.473. The Morgan fingerprint density at radius 2 is 2.00 bits per heavy atom. The minimum atomic E-state index is -0.263. The third kappa shape index (κ3) is 3.84. The van der Waals surface area contributed by atoms with Crippen molar-refractivity contribution in [1.82, 2.24) is 19.2 Å². The summed E-state index contributed by atoms with van der Waals surface area (Å²) in [4.78, 5) is 30.9. The number of rotatable bonds is 4. The van der Waals surface area contributed by atoms with Crippen molar-refractivity contribution in [3.63, 3.8) is 0 Å². The normalized spacial score (nSPS) is 15.2. The molecule has 0 unspecified atom stereocenters. The number of pyridine rings is 2. The fourth-order valence-corrected chi connectivity index (χ4v) is 3.34. The summed E-state index contributed by atoms with van der Waals surface area (Å²) in [6, 6.07) is 6.90. The molecule has 0 bridgehead atoms. The highest BCUT2D eigenvalue weighted by atomic mass is 16.2. The Hall–Kier alpha value is -3.16. The van der Waals surface area contributed by atoms with Crippen molar-refractivity contribution in [3.05, 3.63) is 53.3 Å². The lowest BCUT2D eigenvalue weighted by Gasteiger charge is -2.32. The van der Waals surface area contributed by atoms with E-state index in [1.807, 2.05) is 6.07 Å². The summed E-state index contributed by atoms with van der Waals surface area (Å²) in [6.07, 6.45) is 7.20. The Bertz CT molecular complexity index is 1020. The van der Waals surface area contributed by atoms with E-state index in [0.29, 0.717) is 11.3 Å². The fourth-order valence-electron chi connectivity index (χ4n) is 3.34. The van der Waals surface area contributed by atoms with Gasteiger partial charge in [-0.25, -0.2) is 9.50 Å². The van der Waals surface area contributed by atoms with Crippen LogP contribution in [0.4, 0.5) is 11.4 Å². The van der Waals surface area contributed by atoms with Gasteiger partial charge in [0, 0.05) is 25.4 Å². The quantitative estimate of drug-likeness (QED) is 0.761. The van der Waals surface area contributed by atoms with Crippen LogP contribution in [0.3, 0.4) is 0 Å². The molecule has 0 spiro atoms. The molecular formula is C19H22N6O2. The van der Waals surface area contributed by atoms with Crippen molar-refractivity contribution in [2.24, 2.45) is 5.92 Å². The summed E-state index contributed by atoms with van der Waals surface area (Å²) in [7, 11) is 0. The van der Waals surface area contributed by atoms with Crippen LogP contribution in [0.2, 0.25) is 0 Å². The summed E-state index contributed by atoms with van der Waals surface area (Å²) < 4.78 is 3.04. The van der Waals surface area contributed by atoms with Gasteiger partial charge in [-0.2, -0.15) is 5.10 Å². The van der Waals surface area contributed by atoms with E-state index in [-0.39, 0.29) is 18.0 Å². The second kappa shape index (κ2) is 7.22. The Labute approximate surface area is 156 Å². The van der Waals surface area contributed by atoms with Crippen LogP contribution in [0.25, 0.3) is 5.65 Å². The lowest BCUT2D eigenvalue weighted by molar-refractivity contribution is -0.116. The van der Waals surface area contributed by atoms with Gasteiger partial charge in [-0.1, -0.05) is 6.92 Å². The summed E-state index contributed by atoms with van der Waals surface area (Å²) in [5, 5.41) is 6.85. The molecule has 0 aliphatic carbocycles. The van der Waals surface area contributed by atoms with Crippen molar-refractivity contribution in [2.75, 3.05) is 23.3 Å². The van der Waals surface area contributed by atoms with E-state index in [9.17, 15) is 9.59 Å². The first-order chi connectivity index (χ1) is 13.1. The highest BCUT2D eigenvalue weighted by molar-refractivity contribution is 5.90. The zero-order valence-corrected chi connectivity index (χ0v) is 15.2. The van der Waals surface area contributed by atoms with E-state index in [4.69, 9.17) is 0 Å². The van der Waals surface area contributed by atoms with Crippen LogP contribution in [0, 0.1) is 5.92 Å². The Morgan fingerprint density at radius 3 is 2.81 bits per heavy atom. The van der Waals surface area contributed by atoms with Crippen LogP contribution >= 0.6 is 0 Å². The highest BCUT2D eigenvalue weighted by Gasteiger charge is 2.17. The number of hydrogen-bond acceptors (Lipinski definition) is 5. The molecule has 140 valence electrons. The van der Waals surface area contributed by atoms with E-state index >= 15 is 0 Å².